The summed E-state index contributed by atoms with van der Waals surface area (Å²) in [5.74, 6) is -0.736. The fraction of sp³-hybridized carbons (Fsp3) is 0.382. The fourth-order valence-corrected chi connectivity index (χ4v) is 6.87. The highest BCUT2D eigenvalue weighted by atomic mass is 19.1. The third kappa shape index (κ3) is 5.46. The van der Waals surface area contributed by atoms with Crippen molar-refractivity contribution in [2.24, 2.45) is 0 Å². The number of aryl methyl sites for hydroxylation is 1. The molecule has 0 spiro atoms. The van der Waals surface area contributed by atoms with Crippen LogP contribution in [0.5, 0.6) is 5.75 Å². The smallest absolute Gasteiger partial charge is 0.178 e. The number of hydrogen-bond acceptors (Lipinski definition) is 6. The Bertz CT molecular complexity index is 1660. The molecule has 0 N–H and O–H groups in total. The molecule has 222 valence electrons. The molecule has 0 bridgehead atoms. The van der Waals surface area contributed by atoms with Crippen molar-refractivity contribution in [3.05, 3.63) is 101 Å². The van der Waals surface area contributed by atoms with Crippen LogP contribution < -0.4 is 9.64 Å². The van der Waals surface area contributed by atoms with Crippen LogP contribution in [0.3, 0.4) is 0 Å². The molecule has 2 aliphatic heterocycles. The molecule has 43 heavy (non-hydrogen) atoms. The van der Waals surface area contributed by atoms with Crippen LogP contribution in [0.1, 0.15) is 65.9 Å². The van der Waals surface area contributed by atoms with E-state index in [-0.39, 0.29) is 35.6 Å². The first-order valence-electron chi connectivity index (χ1n) is 15.1. The topological polar surface area (TPSA) is 54.4 Å². The van der Waals surface area contributed by atoms with Crippen LogP contribution in [0, 0.1) is 17.5 Å². The van der Waals surface area contributed by atoms with E-state index in [4.69, 9.17) is 4.74 Å². The highest BCUT2D eigenvalue weighted by molar-refractivity contribution is 5.73. The summed E-state index contributed by atoms with van der Waals surface area (Å²) in [6.45, 7) is 2.84. The van der Waals surface area contributed by atoms with E-state index in [1.165, 1.54) is 12.1 Å². The Morgan fingerprint density at radius 1 is 0.907 bits per heavy atom. The number of benzene rings is 2. The molecular formula is C34H34F3N5O. The van der Waals surface area contributed by atoms with Crippen LogP contribution in [0.4, 0.5) is 18.9 Å². The largest absolute Gasteiger partial charge is 0.486 e. The maximum absolute atomic E-state index is 15.5. The number of hydrogen-bond donors (Lipinski definition) is 0. The molecule has 1 fully saturated rings. The van der Waals surface area contributed by atoms with E-state index in [0.717, 1.165) is 68.2 Å². The Morgan fingerprint density at radius 3 is 2.60 bits per heavy atom. The van der Waals surface area contributed by atoms with Gasteiger partial charge in [-0.15, -0.1) is 0 Å². The lowest BCUT2D eigenvalue weighted by Crippen LogP contribution is -2.38. The molecular weight excluding hydrogens is 551 g/mol. The van der Waals surface area contributed by atoms with E-state index in [1.54, 1.807) is 12.3 Å². The van der Waals surface area contributed by atoms with Gasteiger partial charge in [0.05, 0.1) is 24.5 Å². The maximum Gasteiger partial charge on any atom is 0.178 e. The van der Waals surface area contributed by atoms with Crippen molar-refractivity contribution in [3.63, 3.8) is 0 Å². The van der Waals surface area contributed by atoms with Crippen molar-refractivity contribution < 1.29 is 17.9 Å². The second-order valence-electron chi connectivity index (χ2n) is 11.9. The Balaban J connectivity index is 1.18. The lowest BCUT2D eigenvalue weighted by Gasteiger charge is -2.40. The van der Waals surface area contributed by atoms with Gasteiger partial charge in [-0.1, -0.05) is 18.2 Å². The minimum absolute atomic E-state index is 0.00588. The summed E-state index contributed by atoms with van der Waals surface area (Å²) in [6, 6.07) is 12.4. The molecule has 0 saturated carbocycles. The Hall–Kier alpha value is -3.98. The first-order chi connectivity index (χ1) is 20.9. The number of nitrogens with zero attached hydrogens (tertiary/aromatic N) is 5. The van der Waals surface area contributed by atoms with Crippen molar-refractivity contribution in [2.45, 2.75) is 50.5 Å². The molecule has 2 aromatic carbocycles. The van der Waals surface area contributed by atoms with Gasteiger partial charge in [0.1, 0.15) is 23.9 Å². The molecule has 2 aromatic heterocycles. The second-order valence-corrected chi connectivity index (χ2v) is 11.9. The Kier molecular flexibility index (Phi) is 7.51. The average Bonchev–Trinajstić information content (AvgIpc) is 3.02. The van der Waals surface area contributed by atoms with Crippen molar-refractivity contribution in [1.29, 1.82) is 0 Å². The molecule has 9 heteroatoms. The number of ether oxygens (including phenoxy) is 1. The monoisotopic (exact) mass is 585 g/mol. The number of aromatic nitrogens is 3. The predicted molar refractivity (Wildman–Crippen MR) is 159 cm³/mol. The number of fused-ring (bicyclic) bond motifs is 2. The second kappa shape index (κ2) is 11.6. The van der Waals surface area contributed by atoms with Gasteiger partial charge in [0.2, 0.25) is 0 Å². The molecule has 6 nitrogen and oxygen atoms in total. The van der Waals surface area contributed by atoms with Crippen LogP contribution in [0.25, 0.3) is 11.3 Å². The van der Waals surface area contributed by atoms with Crippen LogP contribution in [0.15, 0.2) is 54.9 Å². The van der Waals surface area contributed by atoms with Crippen molar-refractivity contribution in [3.8, 4) is 17.0 Å². The summed E-state index contributed by atoms with van der Waals surface area (Å²) >= 11 is 0. The minimum Gasteiger partial charge on any atom is -0.486 e. The zero-order valence-corrected chi connectivity index (χ0v) is 24.2. The first kappa shape index (κ1) is 27.8. The summed E-state index contributed by atoms with van der Waals surface area (Å²) in [6.07, 6.45) is 7.80. The van der Waals surface area contributed by atoms with Gasteiger partial charge in [-0.2, -0.15) is 0 Å². The molecule has 1 atom stereocenters. The Morgan fingerprint density at radius 2 is 1.77 bits per heavy atom. The molecule has 3 aliphatic rings. The molecule has 4 aromatic rings. The third-order valence-corrected chi connectivity index (χ3v) is 9.12. The minimum atomic E-state index is -0.651. The van der Waals surface area contributed by atoms with Crippen LogP contribution in [0.2, 0.25) is 0 Å². The van der Waals surface area contributed by atoms with Gasteiger partial charge in [0.25, 0.3) is 0 Å². The predicted octanol–water partition coefficient (Wildman–Crippen LogP) is 6.63. The highest BCUT2D eigenvalue weighted by Gasteiger charge is 2.32. The number of anilines is 1. The summed E-state index contributed by atoms with van der Waals surface area (Å²) < 4.78 is 51.6. The van der Waals surface area contributed by atoms with E-state index < -0.39 is 11.6 Å². The van der Waals surface area contributed by atoms with E-state index in [1.807, 2.05) is 18.2 Å². The van der Waals surface area contributed by atoms with Gasteiger partial charge in [-0.05, 0) is 99.1 Å². The van der Waals surface area contributed by atoms with Gasteiger partial charge in [0.15, 0.2) is 17.4 Å². The quantitative estimate of drug-likeness (QED) is 0.262. The van der Waals surface area contributed by atoms with Crippen LogP contribution in [-0.2, 0) is 12.8 Å². The lowest BCUT2D eigenvalue weighted by atomic mass is 9.88. The summed E-state index contributed by atoms with van der Waals surface area (Å²) in [4.78, 5) is 17.7. The number of halogens is 3. The summed E-state index contributed by atoms with van der Waals surface area (Å²) in [5.41, 5.74) is 4.53. The molecule has 4 heterocycles. The normalized spacial score (nSPS) is 19.1. The summed E-state index contributed by atoms with van der Waals surface area (Å²) in [7, 11) is 2.09. The van der Waals surface area contributed by atoms with Gasteiger partial charge < -0.3 is 14.5 Å². The molecule has 0 amide bonds. The van der Waals surface area contributed by atoms with Crippen molar-refractivity contribution >= 4 is 5.69 Å². The maximum atomic E-state index is 15.5. The van der Waals surface area contributed by atoms with Gasteiger partial charge >= 0.3 is 0 Å². The van der Waals surface area contributed by atoms with Gasteiger partial charge in [0, 0.05) is 23.9 Å². The lowest BCUT2D eigenvalue weighted by molar-refractivity contribution is 0.253. The van der Waals surface area contributed by atoms with Crippen molar-refractivity contribution in [2.75, 3.05) is 38.2 Å². The van der Waals surface area contributed by atoms with E-state index >= 15 is 13.2 Å². The standard InChI is InChI=1S/C34H34F3N5O/c1-41-12-9-22(10-13-41)24-8-7-21(16-26(24)35)17-32-39-20-28(37)33(40-32)23-18-27(36)34-31(19-23)42(14-15-43-34)30-6-2-5-29-25(30)4-3-11-38-29/h3-4,7-8,11,16,18-20,22,30H,2,5-6,9-10,12-15,17H2,1H3. The SMILES string of the molecule is CN1CCC(c2ccc(Cc3ncc(F)c(-c4cc(F)c5c(c4)N(C4CCCc6ncccc64)CCO5)n3)cc2F)CC1. The van der Waals surface area contributed by atoms with E-state index in [9.17, 15) is 0 Å². The Labute approximate surface area is 249 Å². The van der Waals surface area contributed by atoms with Crippen LogP contribution >= 0.6 is 0 Å². The van der Waals surface area contributed by atoms with Crippen LogP contribution in [-0.4, -0.2) is 53.1 Å². The number of likely N-dealkylation sites (tertiary alicyclic amines) is 1. The van der Waals surface area contributed by atoms with E-state index in [2.05, 4.69) is 37.9 Å². The fourth-order valence-electron chi connectivity index (χ4n) is 6.87. The zero-order chi connectivity index (χ0) is 29.5. The first-order valence-corrected chi connectivity index (χ1v) is 15.1. The molecule has 1 unspecified atom stereocenters. The van der Waals surface area contributed by atoms with E-state index in [0.29, 0.717) is 35.8 Å². The number of rotatable bonds is 5. The number of pyridine rings is 1. The molecule has 0 radical (unpaired) electrons. The van der Waals surface area contributed by atoms with Crippen molar-refractivity contribution in [1.82, 2.24) is 19.9 Å². The summed E-state index contributed by atoms with van der Waals surface area (Å²) in [5, 5.41) is 0. The highest BCUT2D eigenvalue weighted by Crippen LogP contribution is 2.44. The average molecular weight is 586 g/mol. The number of piperidine rings is 1. The van der Waals surface area contributed by atoms with Gasteiger partial charge in [-0.25, -0.2) is 23.1 Å². The molecule has 1 aliphatic carbocycles. The third-order valence-electron chi connectivity index (χ3n) is 9.12. The zero-order valence-electron chi connectivity index (χ0n) is 24.2. The molecule has 7 rings (SSSR count). The van der Waals surface area contributed by atoms with Gasteiger partial charge in [-0.3, -0.25) is 4.98 Å². The molecule has 1 saturated heterocycles.